The topological polar surface area (TPSA) is 71.2 Å². The molecule has 0 atom stereocenters. The molecule has 1 amide bonds. The molecule has 9 heteroatoms. The first-order valence-corrected chi connectivity index (χ1v) is 8.75. The van der Waals surface area contributed by atoms with Crippen molar-refractivity contribution in [3.8, 4) is 0 Å². The average molecular weight is 415 g/mol. The Hall–Kier alpha value is -2.32. The van der Waals surface area contributed by atoms with Crippen LogP contribution in [0.4, 0.5) is 19.0 Å². The number of piperidine rings is 1. The van der Waals surface area contributed by atoms with Crippen molar-refractivity contribution in [2.24, 2.45) is 5.73 Å². The second kappa shape index (κ2) is 9.25. The molecular formula is C19H22ClF3N4O. The number of nitrogens with one attached hydrogen (secondary N) is 1. The summed E-state index contributed by atoms with van der Waals surface area (Å²) in [6.45, 7) is 1.67. The predicted molar refractivity (Wildman–Crippen MR) is 104 cm³/mol. The van der Waals surface area contributed by atoms with Crippen LogP contribution < -0.4 is 16.0 Å². The summed E-state index contributed by atoms with van der Waals surface area (Å²) in [7, 11) is 0. The van der Waals surface area contributed by atoms with Gasteiger partial charge in [-0.25, -0.2) is 4.98 Å². The number of amides is 1. The Morgan fingerprint density at radius 1 is 1.14 bits per heavy atom. The Bertz CT molecular complexity index is 773. The minimum Gasteiger partial charge on any atom is -0.356 e. The molecule has 1 aliphatic rings. The fourth-order valence-corrected chi connectivity index (χ4v) is 3.05. The van der Waals surface area contributed by atoms with E-state index in [1.165, 1.54) is 6.07 Å². The van der Waals surface area contributed by atoms with E-state index in [2.05, 4.69) is 10.3 Å². The first kappa shape index (κ1) is 22.0. The van der Waals surface area contributed by atoms with E-state index in [1.807, 2.05) is 17.0 Å². The number of halogens is 4. The number of nitrogens with zero attached hydrogens (tertiary/aromatic N) is 2. The fraction of sp³-hybridized carbons (Fsp3) is 0.368. The van der Waals surface area contributed by atoms with Gasteiger partial charge in [-0.05, 0) is 42.7 Å². The predicted octanol–water partition coefficient (Wildman–Crippen LogP) is 3.38. The highest BCUT2D eigenvalue weighted by Gasteiger charge is 2.31. The van der Waals surface area contributed by atoms with Gasteiger partial charge in [0.1, 0.15) is 5.82 Å². The van der Waals surface area contributed by atoms with Gasteiger partial charge in [0.25, 0.3) is 5.91 Å². The van der Waals surface area contributed by atoms with Gasteiger partial charge in [-0.15, -0.1) is 12.4 Å². The lowest BCUT2D eigenvalue weighted by molar-refractivity contribution is -0.137. The normalized spacial score (nSPS) is 15.1. The number of pyridine rings is 1. The molecule has 1 aliphatic heterocycles. The van der Waals surface area contributed by atoms with Gasteiger partial charge in [0.2, 0.25) is 0 Å². The number of aromatic nitrogens is 1. The standard InChI is InChI=1S/C19H21F3N4O.ClH/c20-19(21,22)15-5-6-17(24-12-15)26-9-7-16(8-10-26)25-18(27)14-3-1-13(11-23)2-4-14;/h1-6,12,16H,7-11,23H2,(H,25,27);1H. The van der Waals surface area contributed by atoms with E-state index in [0.717, 1.165) is 17.8 Å². The van der Waals surface area contributed by atoms with Gasteiger partial charge in [-0.1, -0.05) is 12.1 Å². The number of anilines is 1. The van der Waals surface area contributed by atoms with E-state index in [0.29, 0.717) is 43.9 Å². The van der Waals surface area contributed by atoms with Crippen molar-refractivity contribution in [2.75, 3.05) is 18.0 Å². The molecule has 28 heavy (non-hydrogen) atoms. The van der Waals surface area contributed by atoms with Gasteiger partial charge in [-0.2, -0.15) is 13.2 Å². The van der Waals surface area contributed by atoms with Crippen molar-refractivity contribution in [1.82, 2.24) is 10.3 Å². The summed E-state index contributed by atoms with van der Waals surface area (Å²) >= 11 is 0. The van der Waals surface area contributed by atoms with Gasteiger partial charge in [-0.3, -0.25) is 4.79 Å². The third-order valence-electron chi connectivity index (χ3n) is 4.68. The van der Waals surface area contributed by atoms with Gasteiger partial charge >= 0.3 is 6.18 Å². The molecule has 3 rings (SSSR count). The number of rotatable bonds is 4. The molecule has 1 aromatic carbocycles. The second-order valence-corrected chi connectivity index (χ2v) is 6.54. The third kappa shape index (κ3) is 5.36. The molecule has 1 saturated heterocycles. The highest BCUT2D eigenvalue weighted by atomic mass is 35.5. The van der Waals surface area contributed by atoms with E-state index in [-0.39, 0.29) is 24.4 Å². The smallest absolute Gasteiger partial charge is 0.356 e. The molecule has 0 unspecified atom stereocenters. The number of carbonyl (C=O) groups excluding carboxylic acids is 1. The van der Waals surface area contributed by atoms with E-state index in [9.17, 15) is 18.0 Å². The Morgan fingerprint density at radius 2 is 1.79 bits per heavy atom. The quantitative estimate of drug-likeness (QED) is 0.804. The maximum absolute atomic E-state index is 12.6. The maximum atomic E-state index is 12.6. The molecule has 2 aromatic rings. The molecule has 0 aliphatic carbocycles. The van der Waals surface area contributed by atoms with E-state index >= 15 is 0 Å². The summed E-state index contributed by atoms with van der Waals surface area (Å²) in [6, 6.07) is 9.61. The molecule has 1 aromatic heterocycles. The maximum Gasteiger partial charge on any atom is 0.417 e. The van der Waals surface area contributed by atoms with Crippen LogP contribution in [0, 0.1) is 0 Å². The van der Waals surface area contributed by atoms with Crippen LogP contribution in [0.15, 0.2) is 42.6 Å². The van der Waals surface area contributed by atoms with Crippen molar-refractivity contribution in [1.29, 1.82) is 0 Å². The number of hydrogen-bond acceptors (Lipinski definition) is 4. The van der Waals surface area contributed by atoms with E-state index in [1.54, 1.807) is 12.1 Å². The van der Waals surface area contributed by atoms with Crippen molar-refractivity contribution >= 4 is 24.1 Å². The molecule has 0 saturated carbocycles. The fourth-order valence-electron chi connectivity index (χ4n) is 3.05. The highest BCUT2D eigenvalue weighted by Crippen LogP contribution is 2.29. The number of carbonyl (C=O) groups is 1. The van der Waals surface area contributed by atoms with Crippen LogP contribution in [0.25, 0.3) is 0 Å². The lowest BCUT2D eigenvalue weighted by Gasteiger charge is -2.33. The molecule has 0 spiro atoms. The monoisotopic (exact) mass is 414 g/mol. The van der Waals surface area contributed by atoms with Crippen molar-refractivity contribution in [2.45, 2.75) is 31.6 Å². The minimum atomic E-state index is -4.38. The van der Waals surface area contributed by atoms with Crippen molar-refractivity contribution < 1.29 is 18.0 Å². The average Bonchev–Trinajstić information content (AvgIpc) is 2.68. The number of nitrogens with two attached hydrogens (primary N) is 1. The summed E-state index contributed by atoms with van der Waals surface area (Å²) in [6.07, 6.45) is -2.12. The lowest BCUT2D eigenvalue weighted by Crippen LogP contribution is -2.45. The molecule has 3 N–H and O–H groups in total. The first-order chi connectivity index (χ1) is 12.9. The Kier molecular flexibility index (Phi) is 7.26. The molecule has 1 fully saturated rings. The molecule has 5 nitrogen and oxygen atoms in total. The van der Waals surface area contributed by atoms with Crippen LogP contribution in [0.3, 0.4) is 0 Å². The van der Waals surface area contributed by atoms with Gasteiger partial charge < -0.3 is 16.0 Å². The zero-order valence-corrected chi connectivity index (χ0v) is 15.9. The summed E-state index contributed by atoms with van der Waals surface area (Å²) in [5.41, 5.74) is 6.34. The van der Waals surface area contributed by atoms with Gasteiger partial charge in [0.05, 0.1) is 5.56 Å². The SMILES string of the molecule is Cl.NCc1ccc(C(=O)NC2CCN(c3ccc(C(F)(F)F)cn3)CC2)cc1. The van der Waals surface area contributed by atoms with Crippen LogP contribution in [-0.2, 0) is 12.7 Å². The van der Waals surface area contributed by atoms with E-state index < -0.39 is 11.7 Å². The van der Waals surface area contributed by atoms with Crippen LogP contribution in [0.2, 0.25) is 0 Å². The van der Waals surface area contributed by atoms with Gasteiger partial charge in [0, 0.05) is 37.4 Å². The lowest BCUT2D eigenvalue weighted by atomic mass is 10.0. The van der Waals surface area contributed by atoms with Crippen LogP contribution in [0.1, 0.15) is 34.3 Å². The largest absolute Gasteiger partial charge is 0.417 e. The zero-order chi connectivity index (χ0) is 19.4. The number of hydrogen-bond donors (Lipinski definition) is 2. The van der Waals surface area contributed by atoms with Gasteiger partial charge in [0.15, 0.2) is 0 Å². The minimum absolute atomic E-state index is 0. The second-order valence-electron chi connectivity index (χ2n) is 6.54. The van der Waals surface area contributed by atoms with E-state index in [4.69, 9.17) is 5.73 Å². The Balaban J connectivity index is 0.00000280. The highest BCUT2D eigenvalue weighted by molar-refractivity contribution is 5.94. The summed E-state index contributed by atoms with van der Waals surface area (Å²) in [5, 5.41) is 3.01. The molecule has 2 heterocycles. The first-order valence-electron chi connectivity index (χ1n) is 8.75. The van der Waals surface area contributed by atoms with Crippen LogP contribution in [-0.4, -0.2) is 30.0 Å². The van der Waals surface area contributed by atoms with Crippen LogP contribution in [0.5, 0.6) is 0 Å². The third-order valence-corrected chi connectivity index (χ3v) is 4.68. The summed E-state index contributed by atoms with van der Waals surface area (Å²) in [5.74, 6) is 0.384. The Labute approximate surface area is 167 Å². The zero-order valence-electron chi connectivity index (χ0n) is 15.1. The molecule has 0 radical (unpaired) electrons. The van der Waals surface area contributed by atoms with Crippen LogP contribution >= 0.6 is 12.4 Å². The summed E-state index contributed by atoms with van der Waals surface area (Å²) < 4.78 is 37.9. The van der Waals surface area contributed by atoms with Crippen molar-refractivity contribution in [3.05, 3.63) is 59.3 Å². The number of alkyl halides is 3. The molecule has 0 bridgehead atoms. The van der Waals surface area contributed by atoms with Crippen molar-refractivity contribution in [3.63, 3.8) is 0 Å². The molecule has 152 valence electrons. The molecular weight excluding hydrogens is 393 g/mol. The summed E-state index contributed by atoms with van der Waals surface area (Å²) in [4.78, 5) is 18.2. The Morgan fingerprint density at radius 3 is 2.29 bits per heavy atom. The number of benzene rings is 1.